The fraction of sp³-hybridized carbons (Fsp3) is 0.750. The van der Waals surface area contributed by atoms with Crippen molar-refractivity contribution in [1.29, 1.82) is 0 Å². The first-order chi connectivity index (χ1) is 8.97. The van der Waals surface area contributed by atoms with Gasteiger partial charge >= 0.3 is 17.9 Å². The number of ether oxygens (including phenoxy) is 3. The summed E-state index contributed by atoms with van der Waals surface area (Å²) in [7, 11) is 2.24. The molecule has 0 fully saturated rings. The number of aliphatic hydroxyl groups is 1. The fourth-order valence-corrected chi connectivity index (χ4v) is 1.30. The minimum absolute atomic E-state index is 0.151. The summed E-state index contributed by atoms with van der Waals surface area (Å²) in [5.41, 5.74) is 0. The van der Waals surface area contributed by atoms with Crippen molar-refractivity contribution >= 4 is 17.9 Å². The second kappa shape index (κ2) is 9.32. The van der Waals surface area contributed by atoms with Crippen molar-refractivity contribution in [3.05, 3.63) is 0 Å². The van der Waals surface area contributed by atoms with E-state index >= 15 is 0 Å². The molecule has 0 aliphatic rings. The van der Waals surface area contributed by atoms with E-state index in [1.807, 2.05) is 6.92 Å². The molecule has 0 aromatic carbocycles. The summed E-state index contributed by atoms with van der Waals surface area (Å²) in [5, 5.41) is 9.74. The van der Waals surface area contributed by atoms with Crippen LogP contribution in [0.15, 0.2) is 0 Å². The van der Waals surface area contributed by atoms with Crippen LogP contribution in [0.2, 0.25) is 0 Å². The molecule has 1 N–H and O–H groups in total. The van der Waals surface area contributed by atoms with Gasteiger partial charge in [0.25, 0.3) is 0 Å². The van der Waals surface area contributed by atoms with Crippen LogP contribution in [0.5, 0.6) is 0 Å². The first-order valence-electron chi connectivity index (χ1n) is 5.97. The van der Waals surface area contributed by atoms with Gasteiger partial charge in [0.1, 0.15) is 5.92 Å². The molecule has 0 heterocycles. The summed E-state index contributed by atoms with van der Waals surface area (Å²) in [6, 6.07) is 0. The Hall–Kier alpha value is -1.63. The van der Waals surface area contributed by atoms with Crippen LogP contribution in [-0.2, 0) is 28.6 Å². The Morgan fingerprint density at radius 3 is 2.21 bits per heavy atom. The van der Waals surface area contributed by atoms with Gasteiger partial charge in [-0.25, -0.2) is 4.79 Å². The molecule has 110 valence electrons. The highest BCUT2D eigenvalue weighted by Crippen LogP contribution is 2.14. The molecule has 7 nitrogen and oxygen atoms in total. The second-order valence-corrected chi connectivity index (χ2v) is 3.88. The van der Waals surface area contributed by atoms with Crippen molar-refractivity contribution in [3.8, 4) is 0 Å². The number of carbonyl (C=O) groups excluding carboxylic acids is 3. The number of hydrogen-bond acceptors (Lipinski definition) is 7. The number of hydrogen-bond donors (Lipinski definition) is 1. The molecule has 0 rings (SSSR count). The van der Waals surface area contributed by atoms with Gasteiger partial charge in [0.05, 0.1) is 27.2 Å². The van der Waals surface area contributed by atoms with Gasteiger partial charge in [-0.05, 0) is 6.42 Å². The number of rotatable bonds is 8. The molecular weight excluding hydrogens is 256 g/mol. The maximum Gasteiger partial charge on any atom is 0.335 e. The monoisotopic (exact) mass is 276 g/mol. The second-order valence-electron chi connectivity index (χ2n) is 3.88. The zero-order valence-corrected chi connectivity index (χ0v) is 11.4. The molecule has 0 spiro atoms. The zero-order chi connectivity index (χ0) is 14.8. The summed E-state index contributed by atoms with van der Waals surface area (Å²) in [6.07, 6.45) is -0.722. The fourth-order valence-electron chi connectivity index (χ4n) is 1.30. The summed E-state index contributed by atoms with van der Waals surface area (Å²) >= 11 is 0. The zero-order valence-electron chi connectivity index (χ0n) is 11.4. The molecule has 0 radical (unpaired) electrons. The van der Waals surface area contributed by atoms with E-state index in [9.17, 15) is 19.5 Å². The lowest BCUT2D eigenvalue weighted by Crippen LogP contribution is -2.38. The van der Waals surface area contributed by atoms with Gasteiger partial charge in [-0.2, -0.15) is 0 Å². The van der Waals surface area contributed by atoms with Crippen LogP contribution >= 0.6 is 0 Å². The maximum absolute atomic E-state index is 11.5. The quantitative estimate of drug-likeness (QED) is 0.379. The predicted octanol–water partition coefficient (Wildman–Crippen LogP) is 0.0429. The van der Waals surface area contributed by atoms with Gasteiger partial charge in [0.2, 0.25) is 0 Å². The largest absolute Gasteiger partial charge is 0.469 e. The van der Waals surface area contributed by atoms with Crippen molar-refractivity contribution in [1.82, 2.24) is 0 Å². The third-order valence-corrected chi connectivity index (χ3v) is 2.48. The van der Waals surface area contributed by atoms with Crippen LogP contribution in [0.25, 0.3) is 0 Å². The molecule has 0 aromatic rings. The van der Waals surface area contributed by atoms with Crippen LogP contribution in [0.4, 0.5) is 0 Å². The molecule has 0 aliphatic heterocycles. The van der Waals surface area contributed by atoms with Gasteiger partial charge in [0, 0.05) is 0 Å². The summed E-state index contributed by atoms with van der Waals surface area (Å²) in [4.78, 5) is 34.1. The Labute approximate surface area is 111 Å². The first kappa shape index (κ1) is 17.4. The highest BCUT2D eigenvalue weighted by molar-refractivity contribution is 5.87. The molecule has 0 aromatic heterocycles. The molecule has 7 heteroatoms. The molecular formula is C12H20O7. The Balaban J connectivity index is 4.60. The third kappa shape index (κ3) is 6.19. The van der Waals surface area contributed by atoms with Crippen LogP contribution in [0, 0.1) is 5.92 Å². The maximum atomic E-state index is 11.5. The Bertz CT molecular complexity index is 313. The molecule has 2 atom stereocenters. The number of unbranched alkanes of at least 4 members (excludes halogenated alkanes) is 1. The van der Waals surface area contributed by atoms with Crippen molar-refractivity contribution in [2.24, 2.45) is 5.92 Å². The van der Waals surface area contributed by atoms with Gasteiger partial charge in [-0.3, -0.25) is 9.59 Å². The minimum Gasteiger partial charge on any atom is -0.469 e. The Morgan fingerprint density at radius 1 is 1.11 bits per heavy atom. The number of aliphatic hydroxyl groups excluding tert-OH is 1. The van der Waals surface area contributed by atoms with E-state index in [2.05, 4.69) is 9.47 Å². The molecule has 0 bridgehead atoms. The smallest absolute Gasteiger partial charge is 0.335 e. The van der Waals surface area contributed by atoms with Gasteiger partial charge in [0.15, 0.2) is 6.10 Å². The normalized spacial score (nSPS) is 13.3. The molecule has 2 unspecified atom stereocenters. The standard InChI is InChI=1S/C12H20O7/c1-4-5-6-19-12(16)10(14)8(11(15)18-3)7-9(13)17-2/h8,10,14H,4-7H2,1-3H3. The summed E-state index contributed by atoms with van der Waals surface area (Å²) in [6.45, 7) is 2.07. The first-order valence-corrected chi connectivity index (χ1v) is 5.97. The van der Waals surface area contributed by atoms with Crippen molar-refractivity contribution in [2.45, 2.75) is 32.3 Å². The lowest BCUT2D eigenvalue weighted by atomic mass is 9.99. The minimum atomic E-state index is -1.75. The molecule has 0 amide bonds. The van der Waals surface area contributed by atoms with E-state index in [1.165, 1.54) is 0 Å². The predicted molar refractivity (Wildman–Crippen MR) is 64.0 cm³/mol. The molecule has 0 aliphatic carbocycles. The summed E-state index contributed by atoms with van der Waals surface area (Å²) in [5.74, 6) is -3.87. The average Bonchev–Trinajstić information content (AvgIpc) is 2.42. The van der Waals surface area contributed by atoms with E-state index in [4.69, 9.17) is 4.74 Å². The topological polar surface area (TPSA) is 99.1 Å². The Kier molecular flexibility index (Phi) is 8.52. The van der Waals surface area contributed by atoms with Crippen molar-refractivity contribution < 1.29 is 33.7 Å². The van der Waals surface area contributed by atoms with E-state index in [-0.39, 0.29) is 6.61 Å². The lowest BCUT2D eigenvalue weighted by Gasteiger charge is -2.18. The Morgan fingerprint density at radius 2 is 1.74 bits per heavy atom. The van der Waals surface area contributed by atoms with Gasteiger partial charge in [-0.1, -0.05) is 13.3 Å². The molecule has 19 heavy (non-hydrogen) atoms. The van der Waals surface area contributed by atoms with Crippen LogP contribution in [-0.4, -0.2) is 49.9 Å². The number of carbonyl (C=O) groups is 3. The van der Waals surface area contributed by atoms with Crippen LogP contribution in [0.3, 0.4) is 0 Å². The summed E-state index contributed by atoms with van der Waals surface area (Å²) < 4.78 is 13.6. The lowest BCUT2D eigenvalue weighted by molar-refractivity contribution is -0.168. The average molecular weight is 276 g/mol. The van der Waals surface area contributed by atoms with E-state index < -0.39 is 36.4 Å². The van der Waals surface area contributed by atoms with Crippen molar-refractivity contribution in [3.63, 3.8) is 0 Å². The van der Waals surface area contributed by atoms with E-state index in [0.717, 1.165) is 20.6 Å². The number of methoxy groups -OCH3 is 2. The highest BCUT2D eigenvalue weighted by Gasteiger charge is 2.36. The highest BCUT2D eigenvalue weighted by atomic mass is 16.6. The SMILES string of the molecule is CCCCOC(=O)C(O)C(CC(=O)OC)C(=O)OC. The molecule has 0 saturated heterocycles. The van der Waals surface area contributed by atoms with Crippen LogP contribution in [0.1, 0.15) is 26.2 Å². The van der Waals surface area contributed by atoms with Crippen molar-refractivity contribution in [2.75, 3.05) is 20.8 Å². The van der Waals surface area contributed by atoms with E-state index in [1.54, 1.807) is 0 Å². The molecule has 0 saturated carbocycles. The number of esters is 3. The van der Waals surface area contributed by atoms with Gasteiger partial charge in [-0.15, -0.1) is 0 Å². The third-order valence-electron chi connectivity index (χ3n) is 2.48. The van der Waals surface area contributed by atoms with Crippen LogP contribution < -0.4 is 0 Å². The van der Waals surface area contributed by atoms with E-state index in [0.29, 0.717) is 6.42 Å². The van der Waals surface area contributed by atoms with Gasteiger partial charge < -0.3 is 19.3 Å².